The van der Waals surface area contributed by atoms with Gasteiger partial charge in [-0.3, -0.25) is 4.79 Å². The van der Waals surface area contributed by atoms with E-state index in [1.807, 2.05) is 13.8 Å². The van der Waals surface area contributed by atoms with E-state index in [-0.39, 0.29) is 52.2 Å². The molecular formula is C52H84O22. The summed E-state index contributed by atoms with van der Waals surface area (Å²) < 4.78 is 54.6. The maximum atomic E-state index is 12.9. The number of hydrogen-bond donors (Lipinski definition) is 12. The SMILES string of the molecule is CCC(=O)[C@@H]1C[C@@H](C)[C@@]2(C[C@@]3(C)CCC4=C(CC[C@H]5[C@@](C)(CO)[C@@H](O[C@@H]6O[C@H](CO[C@@H]7OC[C@H](O)[C@H](O)[C@H]7O[C@@H]7O[C@H](CO)[C@@H](O)[C@H](O)[C@H]7O[C@@H]7O[C@@H](C)[C@H](O)[C@@H](O)[C@H]7O)[C@@H](O)[C@H](O)[C@H]6O)CC[C@]45C)[C@]3(C)C2)O1. The van der Waals surface area contributed by atoms with Crippen LogP contribution in [0.4, 0.5) is 0 Å². The van der Waals surface area contributed by atoms with Gasteiger partial charge >= 0.3 is 0 Å². The molecule has 9 aliphatic rings. The van der Waals surface area contributed by atoms with Crippen LogP contribution in [0.2, 0.25) is 0 Å². The van der Waals surface area contributed by atoms with Crippen molar-refractivity contribution >= 4 is 5.78 Å². The van der Waals surface area contributed by atoms with E-state index in [0.717, 1.165) is 44.9 Å². The zero-order valence-electron chi connectivity index (χ0n) is 43.6. The molecule has 1 spiro atoms. The van der Waals surface area contributed by atoms with Crippen LogP contribution in [0.25, 0.3) is 0 Å². The summed E-state index contributed by atoms with van der Waals surface area (Å²) in [6.07, 6.45) is -24.8. The second-order valence-corrected chi connectivity index (χ2v) is 24.4. The predicted molar refractivity (Wildman–Crippen MR) is 253 cm³/mol. The van der Waals surface area contributed by atoms with E-state index in [9.17, 15) is 66.1 Å². The second-order valence-electron chi connectivity index (χ2n) is 24.4. The molecule has 12 N–H and O–H groups in total. The average molecular weight is 1060 g/mol. The van der Waals surface area contributed by atoms with Gasteiger partial charge in [0.2, 0.25) is 0 Å². The van der Waals surface area contributed by atoms with Crippen LogP contribution < -0.4 is 0 Å². The second kappa shape index (κ2) is 21.2. The van der Waals surface area contributed by atoms with Crippen LogP contribution in [0.1, 0.15) is 113 Å². The molecule has 5 heterocycles. The lowest BCUT2D eigenvalue weighted by Crippen LogP contribution is -2.66. The van der Waals surface area contributed by atoms with Crippen LogP contribution in [-0.4, -0.2) is 228 Å². The van der Waals surface area contributed by atoms with Crippen molar-refractivity contribution in [3.8, 4) is 0 Å². The van der Waals surface area contributed by atoms with Crippen molar-refractivity contribution in [2.24, 2.45) is 33.5 Å². The Kier molecular flexibility index (Phi) is 16.4. The number of Topliss-reactive ketones (excluding diaryl/α,β-unsaturated/α-hetero) is 1. The van der Waals surface area contributed by atoms with E-state index < -0.39 is 148 Å². The van der Waals surface area contributed by atoms with Crippen LogP contribution in [0.3, 0.4) is 0 Å². The van der Waals surface area contributed by atoms with Gasteiger partial charge in [-0.25, -0.2) is 0 Å². The number of aliphatic hydroxyl groups is 12. The van der Waals surface area contributed by atoms with Crippen LogP contribution in [0.5, 0.6) is 0 Å². The highest BCUT2D eigenvalue weighted by Gasteiger charge is 2.69. The topological polar surface area (TPSA) is 343 Å². The molecule has 74 heavy (non-hydrogen) atoms. The third-order valence-electron chi connectivity index (χ3n) is 20.2. The summed E-state index contributed by atoms with van der Waals surface area (Å²) in [7, 11) is 0. The highest BCUT2D eigenvalue weighted by Crippen LogP contribution is 2.74. The van der Waals surface area contributed by atoms with Crippen molar-refractivity contribution < 1.29 is 109 Å². The summed E-state index contributed by atoms with van der Waals surface area (Å²) in [4.78, 5) is 12.9. The van der Waals surface area contributed by atoms with E-state index >= 15 is 0 Å². The molecule has 0 aromatic rings. The van der Waals surface area contributed by atoms with Gasteiger partial charge in [-0.1, -0.05) is 52.7 Å². The van der Waals surface area contributed by atoms with Crippen LogP contribution in [0, 0.1) is 33.5 Å². The molecule has 2 saturated carbocycles. The van der Waals surface area contributed by atoms with Crippen molar-refractivity contribution in [1.29, 1.82) is 0 Å². The third-order valence-corrected chi connectivity index (χ3v) is 20.2. The van der Waals surface area contributed by atoms with Gasteiger partial charge in [-0.2, -0.15) is 0 Å². The van der Waals surface area contributed by atoms with Crippen molar-refractivity contribution in [2.75, 3.05) is 26.4 Å². The van der Waals surface area contributed by atoms with E-state index in [1.165, 1.54) is 18.1 Å². The lowest BCUT2D eigenvalue weighted by atomic mass is 9.44. The first-order valence-electron chi connectivity index (χ1n) is 26.9. The third kappa shape index (κ3) is 9.40. The molecule has 22 heteroatoms. The monoisotopic (exact) mass is 1060 g/mol. The molecule has 5 saturated heterocycles. The number of ketones is 1. The summed E-state index contributed by atoms with van der Waals surface area (Å²) in [5.74, 6) is 0.381. The van der Waals surface area contributed by atoms with Crippen LogP contribution in [0.15, 0.2) is 11.1 Å². The number of hydrogen-bond acceptors (Lipinski definition) is 22. The Labute approximate surface area is 431 Å². The maximum Gasteiger partial charge on any atom is 0.187 e. The van der Waals surface area contributed by atoms with Crippen molar-refractivity contribution in [3.05, 3.63) is 11.1 Å². The summed E-state index contributed by atoms with van der Waals surface area (Å²) >= 11 is 0. The molecule has 0 aromatic heterocycles. The highest BCUT2D eigenvalue weighted by atomic mass is 16.8. The van der Waals surface area contributed by atoms with Crippen molar-refractivity contribution in [1.82, 2.24) is 0 Å². The quantitative estimate of drug-likeness (QED) is 0.0940. The molecule has 0 radical (unpaired) electrons. The number of carbonyl (C=O) groups is 1. The molecule has 0 aromatic carbocycles. The minimum atomic E-state index is -1.91. The van der Waals surface area contributed by atoms with E-state index in [0.29, 0.717) is 19.3 Å². The number of rotatable bonds is 13. The molecule has 7 fully saturated rings. The molecule has 0 bridgehead atoms. The number of ether oxygens (including phenoxy) is 9. The van der Waals surface area contributed by atoms with E-state index in [4.69, 9.17) is 42.6 Å². The molecule has 9 rings (SSSR count). The fraction of sp³-hybridized carbons (Fsp3) is 0.942. The molecule has 28 atom stereocenters. The maximum absolute atomic E-state index is 12.9. The Bertz CT molecular complexity index is 2030. The molecule has 0 unspecified atom stereocenters. The summed E-state index contributed by atoms with van der Waals surface area (Å²) in [5, 5.41) is 131. The number of carbonyl (C=O) groups excluding carboxylic acids is 1. The number of fused-ring (bicyclic) bond motifs is 4. The van der Waals surface area contributed by atoms with Crippen LogP contribution in [-0.2, 0) is 47.4 Å². The number of allylic oxidation sites excluding steroid dienone is 2. The average Bonchev–Trinajstić information content (AvgIpc) is 3.82. The molecule has 0 amide bonds. The fourth-order valence-electron chi connectivity index (χ4n) is 15.3. The van der Waals surface area contributed by atoms with Gasteiger partial charge in [0.15, 0.2) is 30.9 Å². The van der Waals surface area contributed by atoms with Crippen molar-refractivity contribution in [2.45, 2.75) is 247 Å². The lowest BCUT2D eigenvalue weighted by Gasteiger charge is -2.62. The van der Waals surface area contributed by atoms with Gasteiger partial charge < -0.3 is 104 Å². The Hall–Kier alpha value is -1.43. The Morgan fingerprint density at radius 1 is 0.662 bits per heavy atom. The standard InChI is InChI=1S/C52H84O22/c1-8-26(55)28-15-22(2)52(74-28)19-48(4)13-11-24-25(51(48,7)20-52)9-10-31-49(24,5)14-12-32(50(31,6)21-54)71-45-41(65)38(62)36(60)30(70-45)18-67-46-42(34(58)27(56)17-66-46)73-47-43(39(63)35(59)29(16-53)69-47)72-44-40(64)37(61)33(57)23(3)68-44/h22-23,27-47,53-54,56-65H,8-21H2,1-7H3/t22-,23+,27+,28+,29-,30-,31-,32+,33+,34+,35-,36-,37-,38+,39+,40-,41-,42-,43-,44+,45+,46+,47+,48-,49-,50-,51+,52+/m1/s1. The van der Waals surface area contributed by atoms with E-state index in [2.05, 4.69) is 27.7 Å². The molecule has 4 aliphatic carbocycles. The molecular weight excluding hydrogens is 977 g/mol. The first kappa shape index (κ1) is 57.3. The lowest BCUT2D eigenvalue weighted by molar-refractivity contribution is -0.390. The molecule has 5 aliphatic heterocycles. The fourth-order valence-corrected chi connectivity index (χ4v) is 15.3. The van der Waals surface area contributed by atoms with Gasteiger partial charge in [0, 0.05) is 11.8 Å². The van der Waals surface area contributed by atoms with Gasteiger partial charge in [-0.05, 0) is 92.8 Å². The van der Waals surface area contributed by atoms with Gasteiger partial charge in [0.05, 0.1) is 44.2 Å². The van der Waals surface area contributed by atoms with Gasteiger partial charge in [-0.15, -0.1) is 0 Å². The Balaban J connectivity index is 0.891. The Morgan fingerprint density at radius 2 is 1.30 bits per heavy atom. The molecule has 424 valence electrons. The normalized spacial score (nSPS) is 54.7. The van der Waals surface area contributed by atoms with E-state index in [1.54, 1.807) is 0 Å². The Morgan fingerprint density at radius 3 is 1.97 bits per heavy atom. The van der Waals surface area contributed by atoms with Gasteiger partial charge in [0.1, 0.15) is 91.6 Å². The molecule has 22 nitrogen and oxygen atoms in total. The zero-order chi connectivity index (χ0) is 53.8. The zero-order valence-corrected chi connectivity index (χ0v) is 43.6. The number of aliphatic hydroxyl groups excluding tert-OH is 12. The van der Waals surface area contributed by atoms with Gasteiger partial charge in [0.25, 0.3) is 0 Å². The summed E-state index contributed by atoms with van der Waals surface area (Å²) in [6.45, 7) is 12.5. The predicted octanol–water partition coefficient (Wildman–Crippen LogP) is -1.44. The minimum Gasteiger partial charge on any atom is -0.396 e. The smallest absolute Gasteiger partial charge is 0.187 e. The van der Waals surface area contributed by atoms with Crippen LogP contribution >= 0.6 is 0 Å². The first-order chi connectivity index (χ1) is 34.8. The summed E-state index contributed by atoms with van der Waals surface area (Å²) in [6, 6.07) is 0. The summed E-state index contributed by atoms with van der Waals surface area (Å²) in [5.41, 5.74) is 1.28. The largest absolute Gasteiger partial charge is 0.396 e. The highest BCUT2D eigenvalue weighted by molar-refractivity contribution is 5.83. The first-order valence-corrected chi connectivity index (χ1v) is 26.9. The minimum absolute atomic E-state index is 0.0149. The van der Waals surface area contributed by atoms with Crippen molar-refractivity contribution in [3.63, 3.8) is 0 Å².